The van der Waals surface area contributed by atoms with Gasteiger partial charge in [0.2, 0.25) is 0 Å². The zero-order valence-corrected chi connectivity index (χ0v) is 12.4. The third-order valence-corrected chi connectivity index (χ3v) is 4.35. The molecule has 0 spiro atoms. The van der Waals surface area contributed by atoms with E-state index in [1.165, 1.54) is 0 Å². The molecule has 2 rings (SSSR count). The number of carboxylic acids is 1. The number of benzene rings is 1. The summed E-state index contributed by atoms with van der Waals surface area (Å²) < 4.78 is 0. The maximum Gasteiger partial charge on any atom is 0.336 e. The first-order valence-corrected chi connectivity index (χ1v) is 6.79. The Hall–Kier alpha value is -1.51. The van der Waals surface area contributed by atoms with Crippen LogP contribution < -0.4 is 4.90 Å². The first kappa shape index (κ1) is 13.9. The average molecular weight is 261 g/mol. The molecule has 0 radical (unpaired) electrons. The highest BCUT2D eigenvalue weighted by molar-refractivity contribution is 5.91. The van der Waals surface area contributed by atoms with Crippen molar-refractivity contribution in [3.63, 3.8) is 0 Å². The third kappa shape index (κ3) is 2.60. The Morgan fingerprint density at radius 1 is 1.26 bits per heavy atom. The maximum atomic E-state index is 11.3. The molecule has 1 N–H and O–H groups in total. The number of carboxylic acid groups (broad SMARTS) is 1. The molecule has 1 fully saturated rings. The van der Waals surface area contributed by atoms with E-state index < -0.39 is 5.97 Å². The molecule has 1 saturated heterocycles. The van der Waals surface area contributed by atoms with Crippen molar-refractivity contribution in [2.75, 3.05) is 18.0 Å². The van der Waals surface area contributed by atoms with Crippen LogP contribution in [0.3, 0.4) is 0 Å². The molecule has 104 valence electrons. The maximum absolute atomic E-state index is 11.3. The zero-order valence-electron chi connectivity index (χ0n) is 12.4. The Morgan fingerprint density at radius 3 is 2.32 bits per heavy atom. The molecule has 1 aromatic carbocycles. The molecule has 0 saturated carbocycles. The second kappa shape index (κ2) is 4.55. The Labute approximate surface area is 115 Å². The molecule has 0 aliphatic carbocycles. The molecule has 0 atom stereocenters. The van der Waals surface area contributed by atoms with Crippen LogP contribution in [-0.4, -0.2) is 24.2 Å². The van der Waals surface area contributed by atoms with Crippen LogP contribution >= 0.6 is 0 Å². The van der Waals surface area contributed by atoms with Gasteiger partial charge in [-0.3, -0.25) is 0 Å². The molecule has 0 unspecified atom stereocenters. The minimum Gasteiger partial charge on any atom is -0.478 e. The first-order valence-electron chi connectivity index (χ1n) is 6.79. The normalized spacial score (nSPS) is 16.4. The number of nitrogens with zero attached hydrogens (tertiary/aromatic N) is 1. The van der Waals surface area contributed by atoms with E-state index in [1.54, 1.807) is 0 Å². The van der Waals surface area contributed by atoms with Crippen molar-refractivity contribution in [3.05, 3.63) is 28.8 Å². The first-order chi connectivity index (χ1) is 8.70. The van der Waals surface area contributed by atoms with Gasteiger partial charge >= 0.3 is 5.97 Å². The summed E-state index contributed by atoms with van der Waals surface area (Å²) in [7, 11) is 0. The van der Waals surface area contributed by atoms with Gasteiger partial charge in [0.25, 0.3) is 0 Å². The van der Waals surface area contributed by atoms with E-state index in [0.29, 0.717) is 16.9 Å². The van der Waals surface area contributed by atoms with Crippen molar-refractivity contribution in [1.82, 2.24) is 0 Å². The van der Waals surface area contributed by atoms with Gasteiger partial charge in [-0.2, -0.15) is 0 Å². The molecule has 1 aromatic rings. The number of carbonyl (C=O) groups is 1. The Morgan fingerprint density at radius 2 is 1.84 bits per heavy atom. The molecule has 1 aliphatic heterocycles. The Balaban J connectivity index is 2.22. The number of aromatic carboxylic acids is 1. The zero-order chi connectivity index (χ0) is 14.4. The van der Waals surface area contributed by atoms with Gasteiger partial charge in [0.15, 0.2) is 0 Å². The van der Waals surface area contributed by atoms with Crippen molar-refractivity contribution >= 4 is 11.7 Å². The van der Waals surface area contributed by atoms with Crippen LogP contribution in [0.1, 0.15) is 42.3 Å². The van der Waals surface area contributed by atoms with Crippen LogP contribution in [0.25, 0.3) is 0 Å². The van der Waals surface area contributed by atoms with Crippen LogP contribution in [0.2, 0.25) is 0 Å². The van der Waals surface area contributed by atoms with E-state index in [9.17, 15) is 9.90 Å². The minimum atomic E-state index is -0.838. The van der Waals surface area contributed by atoms with Gasteiger partial charge in [0.1, 0.15) is 0 Å². The van der Waals surface area contributed by atoms with Crippen LogP contribution in [0.5, 0.6) is 0 Å². The second-order valence-corrected chi connectivity index (χ2v) is 6.71. The molecule has 0 amide bonds. The van der Waals surface area contributed by atoms with Crippen molar-refractivity contribution in [1.29, 1.82) is 0 Å². The summed E-state index contributed by atoms with van der Waals surface area (Å²) in [4.78, 5) is 13.5. The highest BCUT2D eigenvalue weighted by Crippen LogP contribution is 2.37. The fraction of sp³-hybridized carbons (Fsp3) is 0.562. The summed E-state index contributed by atoms with van der Waals surface area (Å²) in [5, 5.41) is 9.25. The van der Waals surface area contributed by atoms with Gasteiger partial charge in [0, 0.05) is 18.8 Å². The molecule has 0 aromatic heterocycles. The molecule has 19 heavy (non-hydrogen) atoms. The SMILES string of the molecule is Cc1cc(N2CC(C(C)(C)C)C2)cc(C(=O)O)c1C. The topological polar surface area (TPSA) is 40.5 Å². The smallest absolute Gasteiger partial charge is 0.336 e. The summed E-state index contributed by atoms with van der Waals surface area (Å²) in [6.45, 7) is 12.7. The van der Waals surface area contributed by atoms with E-state index >= 15 is 0 Å². The number of aryl methyl sites for hydroxylation is 1. The molecule has 3 nitrogen and oxygen atoms in total. The number of rotatable bonds is 2. The summed E-state index contributed by atoms with van der Waals surface area (Å²) in [6, 6.07) is 3.91. The van der Waals surface area contributed by atoms with Crippen LogP contribution in [0.4, 0.5) is 5.69 Å². The third-order valence-electron chi connectivity index (χ3n) is 4.35. The van der Waals surface area contributed by atoms with E-state index in [4.69, 9.17) is 0 Å². The molecule has 1 aliphatic rings. The lowest BCUT2D eigenvalue weighted by molar-refractivity contribution is 0.0696. The Kier molecular flexibility index (Phi) is 3.33. The largest absolute Gasteiger partial charge is 0.478 e. The predicted molar refractivity (Wildman–Crippen MR) is 78.0 cm³/mol. The fourth-order valence-electron chi connectivity index (χ4n) is 2.48. The molecular weight excluding hydrogens is 238 g/mol. The monoisotopic (exact) mass is 261 g/mol. The summed E-state index contributed by atoms with van der Waals surface area (Å²) >= 11 is 0. The number of hydrogen-bond acceptors (Lipinski definition) is 2. The quantitative estimate of drug-likeness (QED) is 0.886. The molecular formula is C16H23NO2. The lowest BCUT2D eigenvalue weighted by Crippen LogP contribution is -2.52. The van der Waals surface area contributed by atoms with Gasteiger partial charge in [-0.05, 0) is 48.4 Å². The van der Waals surface area contributed by atoms with Gasteiger partial charge in [-0.15, -0.1) is 0 Å². The summed E-state index contributed by atoms with van der Waals surface area (Å²) in [5.41, 5.74) is 3.71. The second-order valence-electron chi connectivity index (χ2n) is 6.71. The summed E-state index contributed by atoms with van der Waals surface area (Å²) in [5.74, 6) is -0.155. The highest BCUT2D eigenvalue weighted by Gasteiger charge is 2.36. The van der Waals surface area contributed by atoms with Crippen LogP contribution in [0, 0.1) is 25.2 Å². The van der Waals surface area contributed by atoms with Gasteiger partial charge < -0.3 is 10.0 Å². The van der Waals surface area contributed by atoms with E-state index in [2.05, 4.69) is 31.7 Å². The summed E-state index contributed by atoms with van der Waals surface area (Å²) in [6.07, 6.45) is 0. The van der Waals surface area contributed by atoms with Crippen molar-refractivity contribution < 1.29 is 9.90 Å². The van der Waals surface area contributed by atoms with Gasteiger partial charge in [-0.1, -0.05) is 20.8 Å². The van der Waals surface area contributed by atoms with E-state index in [0.717, 1.165) is 29.9 Å². The van der Waals surface area contributed by atoms with Crippen molar-refractivity contribution in [2.24, 2.45) is 11.3 Å². The van der Waals surface area contributed by atoms with E-state index in [-0.39, 0.29) is 0 Å². The lowest BCUT2D eigenvalue weighted by Gasteiger charge is -2.47. The van der Waals surface area contributed by atoms with Crippen molar-refractivity contribution in [3.8, 4) is 0 Å². The molecule has 3 heteroatoms. The lowest BCUT2D eigenvalue weighted by atomic mass is 9.76. The standard InChI is InChI=1S/C16H23NO2/c1-10-6-13(7-14(11(10)2)15(18)19)17-8-12(9-17)16(3,4)5/h6-7,12H,8-9H2,1-5H3,(H,18,19). The minimum absolute atomic E-state index is 0.325. The highest BCUT2D eigenvalue weighted by atomic mass is 16.4. The predicted octanol–water partition coefficient (Wildman–Crippen LogP) is 3.48. The van der Waals surface area contributed by atoms with Crippen LogP contribution in [0.15, 0.2) is 12.1 Å². The fourth-order valence-corrected chi connectivity index (χ4v) is 2.48. The molecule has 0 bridgehead atoms. The van der Waals surface area contributed by atoms with Gasteiger partial charge in [-0.25, -0.2) is 4.79 Å². The van der Waals surface area contributed by atoms with Gasteiger partial charge in [0.05, 0.1) is 5.56 Å². The average Bonchev–Trinajstić information content (AvgIpc) is 2.18. The molecule has 1 heterocycles. The van der Waals surface area contributed by atoms with Crippen molar-refractivity contribution in [2.45, 2.75) is 34.6 Å². The number of hydrogen-bond donors (Lipinski definition) is 1. The number of anilines is 1. The van der Waals surface area contributed by atoms with E-state index in [1.807, 2.05) is 19.9 Å². The van der Waals surface area contributed by atoms with Crippen LogP contribution in [-0.2, 0) is 0 Å². The Bertz CT molecular complexity index is 508.